The second kappa shape index (κ2) is 7.27. The summed E-state index contributed by atoms with van der Waals surface area (Å²) in [4.78, 5) is 11.8. The molecule has 0 heterocycles. The van der Waals surface area contributed by atoms with E-state index in [2.05, 4.69) is 0 Å². The topological polar surface area (TPSA) is 43.1 Å². The first-order chi connectivity index (χ1) is 10.5. The average Bonchev–Trinajstić information content (AvgIpc) is 2.54. The lowest BCUT2D eigenvalue weighted by atomic mass is 9.96. The molecule has 0 amide bonds. The second-order valence-corrected chi connectivity index (χ2v) is 5.33. The lowest BCUT2D eigenvalue weighted by Crippen LogP contribution is -2.33. The van der Waals surface area contributed by atoms with Gasteiger partial charge >= 0.3 is 5.92 Å². The van der Waals surface area contributed by atoms with Crippen LogP contribution in [0.4, 0.5) is 8.78 Å². The van der Waals surface area contributed by atoms with Gasteiger partial charge in [0.1, 0.15) is 0 Å². The molecule has 2 aromatic rings. The van der Waals surface area contributed by atoms with Crippen LogP contribution in [0.15, 0.2) is 60.7 Å². The van der Waals surface area contributed by atoms with Gasteiger partial charge in [-0.05, 0) is 17.5 Å². The molecule has 116 valence electrons. The molecule has 0 aliphatic carbocycles. The van der Waals surface area contributed by atoms with E-state index >= 15 is 0 Å². The van der Waals surface area contributed by atoms with Gasteiger partial charge in [-0.25, -0.2) is 0 Å². The lowest BCUT2D eigenvalue weighted by Gasteiger charge is -2.20. The van der Waals surface area contributed by atoms with Crippen molar-refractivity contribution < 1.29 is 13.6 Å². The van der Waals surface area contributed by atoms with Crippen molar-refractivity contribution in [3.63, 3.8) is 0 Å². The molecule has 22 heavy (non-hydrogen) atoms. The SMILES string of the molecule is NC(CC(F)(F)C(=O)CCc1ccccc1)c1ccccc1. The number of alkyl halides is 2. The van der Waals surface area contributed by atoms with E-state index in [0.717, 1.165) is 5.56 Å². The van der Waals surface area contributed by atoms with Crippen LogP contribution < -0.4 is 5.73 Å². The van der Waals surface area contributed by atoms with Crippen molar-refractivity contribution in [3.05, 3.63) is 71.8 Å². The molecule has 0 radical (unpaired) electrons. The molecule has 2 N–H and O–H groups in total. The quantitative estimate of drug-likeness (QED) is 0.842. The maximum atomic E-state index is 14.0. The summed E-state index contributed by atoms with van der Waals surface area (Å²) in [6.45, 7) is 0. The van der Waals surface area contributed by atoms with Gasteiger partial charge in [0.05, 0.1) is 0 Å². The molecule has 0 spiro atoms. The van der Waals surface area contributed by atoms with E-state index in [1.165, 1.54) is 0 Å². The van der Waals surface area contributed by atoms with Crippen LogP contribution >= 0.6 is 0 Å². The smallest absolute Gasteiger partial charge is 0.307 e. The van der Waals surface area contributed by atoms with Crippen LogP contribution in [0.5, 0.6) is 0 Å². The third-order valence-electron chi connectivity index (χ3n) is 3.60. The van der Waals surface area contributed by atoms with Crippen LogP contribution in [0.2, 0.25) is 0 Å². The van der Waals surface area contributed by atoms with Crippen LogP contribution in [0.25, 0.3) is 0 Å². The highest BCUT2D eigenvalue weighted by Crippen LogP contribution is 2.29. The number of Topliss-reactive ketones (excluding diaryl/α,β-unsaturated/α-hetero) is 1. The minimum absolute atomic E-state index is 0.182. The number of ketones is 1. The summed E-state index contributed by atoms with van der Waals surface area (Å²) in [7, 11) is 0. The number of nitrogens with two attached hydrogens (primary N) is 1. The Morgan fingerprint density at radius 3 is 2.14 bits per heavy atom. The molecule has 0 bridgehead atoms. The fourth-order valence-corrected chi connectivity index (χ4v) is 2.29. The molecule has 0 fully saturated rings. The zero-order valence-corrected chi connectivity index (χ0v) is 12.2. The van der Waals surface area contributed by atoms with Crippen molar-refractivity contribution in [1.29, 1.82) is 0 Å². The number of benzene rings is 2. The maximum absolute atomic E-state index is 14.0. The highest BCUT2D eigenvalue weighted by molar-refractivity contribution is 5.85. The van der Waals surface area contributed by atoms with Crippen molar-refractivity contribution in [3.8, 4) is 0 Å². The van der Waals surface area contributed by atoms with Gasteiger partial charge < -0.3 is 5.73 Å². The fraction of sp³-hybridized carbons (Fsp3) is 0.278. The fourth-order valence-electron chi connectivity index (χ4n) is 2.29. The number of rotatable bonds is 7. The van der Waals surface area contributed by atoms with Gasteiger partial charge in [0.25, 0.3) is 0 Å². The van der Waals surface area contributed by atoms with E-state index in [4.69, 9.17) is 5.73 Å². The lowest BCUT2D eigenvalue weighted by molar-refractivity contribution is -0.144. The minimum atomic E-state index is -3.40. The number of aryl methyl sites for hydroxylation is 1. The van der Waals surface area contributed by atoms with Crippen LogP contribution in [-0.2, 0) is 11.2 Å². The van der Waals surface area contributed by atoms with Gasteiger partial charge in [0, 0.05) is 18.9 Å². The Labute approximate surface area is 129 Å². The maximum Gasteiger partial charge on any atom is 0.307 e. The van der Waals surface area contributed by atoms with Crippen LogP contribution in [-0.4, -0.2) is 11.7 Å². The van der Waals surface area contributed by atoms with E-state index in [-0.39, 0.29) is 6.42 Å². The Morgan fingerprint density at radius 2 is 1.55 bits per heavy atom. The van der Waals surface area contributed by atoms with E-state index in [1.807, 2.05) is 30.3 Å². The summed E-state index contributed by atoms with van der Waals surface area (Å²) < 4.78 is 28.1. The summed E-state index contributed by atoms with van der Waals surface area (Å²) >= 11 is 0. The third kappa shape index (κ3) is 4.46. The van der Waals surface area contributed by atoms with Crippen LogP contribution in [0.3, 0.4) is 0 Å². The first-order valence-corrected chi connectivity index (χ1v) is 7.24. The summed E-state index contributed by atoms with van der Waals surface area (Å²) in [6.07, 6.45) is -0.529. The molecular formula is C18H19F2NO. The molecule has 1 unspecified atom stereocenters. The van der Waals surface area contributed by atoms with Gasteiger partial charge in [0.2, 0.25) is 5.78 Å². The normalized spacial score (nSPS) is 12.9. The molecule has 0 aliphatic heterocycles. The Balaban J connectivity index is 1.93. The molecule has 0 saturated carbocycles. The minimum Gasteiger partial charge on any atom is -0.324 e. The van der Waals surface area contributed by atoms with Crippen LogP contribution in [0, 0.1) is 0 Å². The third-order valence-corrected chi connectivity index (χ3v) is 3.60. The van der Waals surface area contributed by atoms with E-state index in [0.29, 0.717) is 12.0 Å². The number of hydrogen-bond donors (Lipinski definition) is 1. The highest BCUT2D eigenvalue weighted by atomic mass is 19.3. The van der Waals surface area contributed by atoms with Gasteiger partial charge in [-0.3, -0.25) is 4.79 Å². The summed E-state index contributed by atoms with van der Waals surface area (Å²) in [5, 5.41) is 0. The van der Waals surface area contributed by atoms with E-state index < -0.39 is 24.2 Å². The predicted molar refractivity (Wildman–Crippen MR) is 82.7 cm³/mol. The zero-order chi connectivity index (χ0) is 16.0. The van der Waals surface area contributed by atoms with Gasteiger partial charge in [-0.1, -0.05) is 60.7 Å². The molecular weight excluding hydrogens is 284 g/mol. The first kappa shape index (κ1) is 16.3. The monoisotopic (exact) mass is 303 g/mol. The predicted octanol–water partition coefficient (Wildman–Crippen LogP) is 3.91. The molecule has 4 heteroatoms. The molecule has 1 atom stereocenters. The average molecular weight is 303 g/mol. The number of carbonyl (C=O) groups is 1. The Hall–Kier alpha value is -2.07. The molecule has 2 nitrogen and oxygen atoms in total. The van der Waals surface area contributed by atoms with Crippen molar-refractivity contribution in [2.45, 2.75) is 31.2 Å². The summed E-state index contributed by atoms with van der Waals surface area (Å²) in [6, 6.07) is 16.9. The van der Waals surface area contributed by atoms with E-state index in [1.54, 1.807) is 30.3 Å². The Kier molecular flexibility index (Phi) is 5.39. The van der Waals surface area contributed by atoms with Crippen molar-refractivity contribution >= 4 is 5.78 Å². The van der Waals surface area contributed by atoms with Gasteiger partial charge in [0.15, 0.2) is 0 Å². The Bertz CT molecular complexity index is 599. The molecule has 0 aromatic heterocycles. The van der Waals surface area contributed by atoms with Crippen LogP contribution in [0.1, 0.15) is 30.0 Å². The molecule has 0 aliphatic rings. The number of halogens is 2. The molecule has 2 aromatic carbocycles. The largest absolute Gasteiger partial charge is 0.324 e. The summed E-state index contributed by atoms with van der Waals surface area (Å²) in [5.41, 5.74) is 7.28. The Morgan fingerprint density at radius 1 is 1.00 bits per heavy atom. The van der Waals surface area contributed by atoms with Crippen molar-refractivity contribution in [2.75, 3.05) is 0 Å². The first-order valence-electron chi connectivity index (χ1n) is 7.24. The molecule has 2 rings (SSSR count). The summed E-state index contributed by atoms with van der Waals surface area (Å²) in [5.74, 6) is -4.45. The standard InChI is InChI=1S/C18H19F2NO/c19-18(20,13-16(21)15-9-5-2-6-10-15)17(22)12-11-14-7-3-1-4-8-14/h1-10,16H,11-13,21H2. The highest BCUT2D eigenvalue weighted by Gasteiger charge is 2.39. The van der Waals surface area contributed by atoms with Crippen molar-refractivity contribution in [1.82, 2.24) is 0 Å². The van der Waals surface area contributed by atoms with E-state index in [9.17, 15) is 13.6 Å². The molecule has 0 saturated heterocycles. The number of carbonyl (C=O) groups excluding carboxylic acids is 1. The van der Waals surface area contributed by atoms with Gasteiger partial charge in [-0.2, -0.15) is 8.78 Å². The van der Waals surface area contributed by atoms with Crippen molar-refractivity contribution in [2.24, 2.45) is 5.73 Å². The second-order valence-electron chi connectivity index (χ2n) is 5.33. The number of hydrogen-bond acceptors (Lipinski definition) is 2. The van der Waals surface area contributed by atoms with Gasteiger partial charge in [-0.15, -0.1) is 0 Å². The zero-order valence-electron chi connectivity index (χ0n) is 12.2.